The van der Waals surface area contributed by atoms with Crippen molar-refractivity contribution >= 4 is 17.1 Å². The Bertz CT molecular complexity index is 469. The molecule has 0 aromatic heterocycles. The van der Waals surface area contributed by atoms with Gasteiger partial charge in [-0.15, -0.1) is 0 Å². The zero-order valence-electron chi connectivity index (χ0n) is 12.4. The molecule has 1 unspecified atom stereocenters. The number of benzene rings is 1. The van der Waals surface area contributed by atoms with E-state index in [1.807, 2.05) is 20.8 Å². The molecule has 0 saturated carbocycles. The maximum Gasteiger partial charge on any atom is 0.315 e. The van der Waals surface area contributed by atoms with Crippen molar-refractivity contribution in [2.24, 2.45) is 5.41 Å². The summed E-state index contributed by atoms with van der Waals surface area (Å²) in [6.45, 7) is 6.41. The van der Waals surface area contributed by atoms with E-state index in [0.29, 0.717) is 17.8 Å². The summed E-state index contributed by atoms with van der Waals surface area (Å²) in [5.74, 6) is 0. The molecule has 0 aliphatic carbocycles. The first kappa shape index (κ1) is 16.2. The third-order valence-corrected chi connectivity index (χ3v) is 2.86. The van der Waals surface area contributed by atoms with Crippen LogP contribution in [-0.4, -0.2) is 29.7 Å². The average molecular weight is 281 g/mol. The van der Waals surface area contributed by atoms with Gasteiger partial charge in [0.15, 0.2) is 0 Å². The standard InChI is InChI=1S/C14H23N3O3/c1-14(2,3)8-10(18)9-16-12-7-5-6-11(15-4)13(12)17(19)20/h5-7,10,15-16,18H,8-9H2,1-4H3. The molecule has 0 saturated heterocycles. The Morgan fingerprint density at radius 1 is 1.35 bits per heavy atom. The van der Waals surface area contributed by atoms with Crippen molar-refractivity contribution in [1.82, 2.24) is 0 Å². The van der Waals surface area contributed by atoms with Crippen LogP contribution in [0.25, 0.3) is 0 Å². The zero-order valence-corrected chi connectivity index (χ0v) is 12.4. The number of hydrogen-bond acceptors (Lipinski definition) is 5. The van der Waals surface area contributed by atoms with Gasteiger partial charge in [0.25, 0.3) is 0 Å². The zero-order chi connectivity index (χ0) is 15.3. The van der Waals surface area contributed by atoms with Crippen LogP contribution in [0, 0.1) is 15.5 Å². The fourth-order valence-electron chi connectivity index (χ4n) is 2.09. The van der Waals surface area contributed by atoms with Crippen LogP contribution in [0.4, 0.5) is 17.1 Å². The second-order valence-corrected chi connectivity index (χ2v) is 6.01. The lowest BCUT2D eigenvalue weighted by atomic mass is 9.89. The molecule has 1 aromatic rings. The molecule has 0 bridgehead atoms. The number of aliphatic hydroxyl groups is 1. The number of nitro groups is 1. The molecule has 112 valence electrons. The fourth-order valence-corrected chi connectivity index (χ4v) is 2.09. The summed E-state index contributed by atoms with van der Waals surface area (Å²) in [6, 6.07) is 5.02. The predicted octanol–water partition coefficient (Wildman–Crippen LogP) is 2.85. The van der Waals surface area contributed by atoms with Crippen LogP contribution in [-0.2, 0) is 0 Å². The number of hydrogen-bond donors (Lipinski definition) is 3. The molecule has 6 nitrogen and oxygen atoms in total. The molecule has 0 heterocycles. The van der Waals surface area contributed by atoms with Crippen molar-refractivity contribution in [3.8, 4) is 0 Å². The Balaban J connectivity index is 2.80. The molecule has 0 aliphatic rings. The first-order chi connectivity index (χ1) is 9.24. The van der Waals surface area contributed by atoms with E-state index in [2.05, 4.69) is 10.6 Å². The van der Waals surface area contributed by atoms with E-state index in [9.17, 15) is 15.2 Å². The van der Waals surface area contributed by atoms with Gasteiger partial charge in [-0.3, -0.25) is 10.1 Å². The SMILES string of the molecule is CNc1cccc(NCC(O)CC(C)(C)C)c1[N+](=O)[O-]. The summed E-state index contributed by atoms with van der Waals surface area (Å²) in [5.41, 5.74) is 0.873. The van der Waals surface area contributed by atoms with Crippen LogP contribution in [0.1, 0.15) is 27.2 Å². The van der Waals surface area contributed by atoms with Gasteiger partial charge in [0.2, 0.25) is 0 Å². The Labute approximate surface area is 119 Å². The van der Waals surface area contributed by atoms with Crippen LogP contribution >= 0.6 is 0 Å². The Morgan fingerprint density at radius 2 is 1.95 bits per heavy atom. The molecule has 20 heavy (non-hydrogen) atoms. The minimum atomic E-state index is -0.548. The summed E-state index contributed by atoms with van der Waals surface area (Å²) in [6.07, 6.45) is 0.0762. The van der Waals surface area contributed by atoms with Gasteiger partial charge >= 0.3 is 5.69 Å². The Morgan fingerprint density at radius 3 is 2.45 bits per heavy atom. The molecule has 0 spiro atoms. The molecule has 3 N–H and O–H groups in total. The first-order valence-electron chi connectivity index (χ1n) is 6.61. The lowest BCUT2D eigenvalue weighted by molar-refractivity contribution is -0.383. The Kier molecular flexibility index (Phi) is 5.33. The normalized spacial score (nSPS) is 12.8. The highest BCUT2D eigenvalue weighted by molar-refractivity contribution is 5.76. The number of nitrogens with zero attached hydrogens (tertiary/aromatic N) is 1. The first-order valence-corrected chi connectivity index (χ1v) is 6.61. The summed E-state index contributed by atoms with van der Waals surface area (Å²) in [4.78, 5) is 10.7. The topological polar surface area (TPSA) is 87.4 Å². The number of nitro benzene ring substituents is 1. The molecule has 0 amide bonds. The quantitative estimate of drug-likeness (QED) is 0.551. The van der Waals surface area contributed by atoms with Crippen LogP contribution < -0.4 is 10.6 Å². The number of para-hydroxylation sites is 1. The molecule has 1 rings (SSSR count). The van der Waals surface area contributed by atoms with Gasteiger partial charge in [-0.1, -0.05) is 26.8 Å². The van der Waals surface area contributed by atoms with E-state index < -0.39 is 11.0 Å². The van der Waals surface area contributed by atoms with Gasteiger partial charge in [0.1, 0.15) is 11.4 Å². The van der Waals surface area contributed by atoms with Gasteiger partial charge in [-0.25, -0.2) is 0 Å². The molecular formula is C14H23N3O3. The van der Waals surface area contributed by atoms with Crippen LogP contribution in [0.3, 0.4) is 0 Å². The van der Waals surface area contributed by atoms with E-state index in [1.165, 1.54) is 0 Å². The van der Waals surface area contributed by atoms with E-state index in [0.717, 1.165) is 0 Å². The summed E-state index contributed by atoms with van der Waals surface area (Å²) >= 11 is 0. The van der Waals surface area contributed by atoms with Gasteiger partial charge < -0.3 is 15.7 Å². The van der Waals surface area contributed by atoms with Gasteiger partial charge in [-0.2, -0.15) is 0 Å². The van der Waals surface area contributed by atoms with Crippen molar-refractivity contribution in [3.05, 3.63) is 28.3 Å². The number of anilines is 2. The minimum absolute atomic E-state index is 0.00189. The van der Waals surface area contributed by atoms with E-state index in [4.69, 9.17) is 0 Å². The molecule has 0 fully saturated rings. The summed E-state index contributed by atoms with van der Waals surface area (Å²) < 4.78 is 0. The van der Waals surface area contributed by atoms with Crippen LogP contribution in [0.5, 0.6) is 0 Å². The molecule has 0 radical (unpaired) electrons. The molecule has 1 atom stereocenters. The predicted molar refractivity (Wildman–Crippen MR) is 81.2 cm³/mol. The van der Waals surface area contributed by atoms with E-state index in [-0.39, 0.29) is 17.6 Å². The van der Waals surface area contributed by atoms with Crippen molar-refractivity contribution in [2.45, 2.75) is 33.3 Å². The highest BCUT2D eigenvalue weighted by Crippen LogP contribution is 2.32. The third-order valence-electron chi connectivity index (χ3n) is 2.86. The van der Waals surface area contributed by atoms with Crippen LogP contribution in [0.2, 0.25) is 0 Å². The lowest BCUT2D eigenvalue weighted by Crippen LogP contribution is -2.25. The summed E-state index contributed by atoms with van der Waals surface area (Å²) in [5, 5.41) is 26.9. The molecule has 0 aliphatic heterocycles. The van der Waals surface area contributed by atoms with Gasteiger partial charge in [0, 0.05) is 13.6 Å². The highest BCUT2D eigenvalue weighted by Gasteiger charge is 2.21. The second kappa shape index (κ2) is 6.56. The monoisotopic (exact) mass is 281 g/mol. The van der Waals surface area contributed by atoms with Crippen molar-refractivity contribution < 1.29 is 10.0 Å². The molecular weight excluding hydrogens is 258 g/mol. The van der Waals surface area contributed by atoms with E-state index >= 15 is 0 Å². The molecule has 6 heteroatoms. The van der Waals surface area contributed by atoms with Crippen molar-refractivity contribution in [1.29, 1.82) is 0 Å². The van der Waals surface area contributed by atoms with Gasteiger partial charge in [-0.05, 0) is 24.0 Å². The summed E-state index contributed by atoms with van der Waals surface area (Å²) in [7, 11) is 1.64. The number of aliphatic hydroxyl groups excluding tert-OH is 1. The minimum Gasteiger partial charge on any atom is -0.391 e. The number of nitrogens with one attached hydrogen (secondary N) is 2. The van der Waals surface area contributed by atoms with Crippen molar-refractivity contribution in [3.63, 3.8) is 0 Å². The maximum atomic E-state index is 11.1. The highest BCUT2D eigenvalue weighted by atomic mass is 16.6. The van der Waals surface area contributed by atoms with E-state index in [1.54, 1.807) is 25.2 Å². The van der Waals surface area contributed by atoms with Crippen molar-refractivity contribution in [2.75, 3.05) is 24.2 Å². The average Bonchev–Trinajstić information content (AvgIpc) is 2.33. The maximum absolute atomic E-state index is 11.1. The largest absolute Gasteiger partial charge is 0.391 e. The third kappa shape index (κ3) is 4.70. The fraction of sp³-hybridized carbons (Fsp3) is 0.571. The second-order valence-electron chi connectivity index (χ2n) is 6.01. The lowest BCUT2D eigenvalue weighted by Gasteiger charge is -2.22. The smallest absolute Gasteiger partial charge is 0.315 e. The Hall–Kier alpha value is -1.82. The number of rotatable bonds is 6. The molecule has 1 aromatic carbocycles. The van der Waals surface area contributed by atoms with Gasteiger partial charge in [0.05, 0.1) is 11.0 Å². The van der Waals surface area contributed by atoms with Crippen LogP contribution in [0.15, 0.2) is 18.2 Å².